The Hall–Kier alpha value is -2.88. The van der Waals surface area contributed by atoms with E-state index >= 15 is 0 Å². The first-order valence-corrected chi connectivity index (χ1v) is 12.0. The highest BCUT2D eigenvalue weighted by molar-refractivity contribution is 5.78. The van der Waals surface area contributed by atoms with E-state index in [2.05, 4.69) is 112 Å². The molecule has 3 atom stereocenters. The van der Waals surface area contributed by atoms with Crippen molar-refractivity contribution in [2.75, 3.05) is 4.90 Å². The Morgan fingerprint density at radius 3 is 1.94 bits per heavy atom. The monoisotopic (exact) mass is 441 g/mol. The second-order valence-electron chi connectivity index (χ2n) is 8.94. The lowest BCUT2D eigenvalue weighted by Crippen LogP contribution is -2.37. The molecule has 0 N–H and O–H groups in total. The van der Waals surface area contributed by atoms with E-state index in [9.17, 15) is 0 Å². The number of benzene rings is 3. The zero-order valence-corrected chi connectivity index (χ0v) is 20.3. The molecule has 1 aliphatic rings. The summed E-state index contributed by atoms with van der Waals surface area (Å²) in [5.41, 5.74) is 7.87. The lowest BCUT2D eigenvalue weighted by atomic mass is 10.0. The Morgan fingerprint density at radius 1 is 0.848 bits per heavy atom. The maximum absolute atomic E-state index is 6.14. The molecule has 3 unspecified atom stereocenters. The third-order valence-electron chi connectivity index (χ3n) is 6.40. The molecule has 33 heavy (non-hydrogen) atoms. The topological polar surface area (TPSA) is 21.7 Å². The van der Waals surface area contributed by atoms with Crippen molar-refractivity contribution in [3.63, 3.8) is 0 Å². The smallest absolute Gasteiger partial charge is 0.184 e. The van der Waals surface area contributed by atoms with E-state index in [4.69, 9.17) is 9.47 Å². The Balaban J connectivity index is 1.62. The van der Waals surface area contributed by atoms with Crippen molar-refractivity contribution in [2.24, 2.45) is 0 Å². The van der Waals surface area contributed by atoms with Crippen LogP contribution in [0.1, 0.15) is 50.3 Å². The molecule has 0 spiro atoms. The van der Waals surface area contributed by atoms with E-state index in [0.717, 1.165) is 47.5 Å². The van der Waals surface area contributed by atoms with Gasteiger partial charge in [0.2, 0.25) is 0 Å². The molecular weight excluding hydrogens is 406 g/mol. The van der Waals surface area contributed by atoms with Gasteiger partial charge in [-0.1, -0.05) is 62.4 Å². The van der Waals surface area contributed by atoms with Crippen molar-refractivity contribution < 1.29 is 9.47 Å². The van der Waals surface area contributed by atoms with E-state index in [1.807, 2.05) is 0 Å². The zero-order valence-electron chi connectivity index (χ0n) is 20.3. The van der Waals surface area contributed by atoms with Crippen LogP contribution in [-0.2, 0) is 15.9 Å². The maximum atomic E-state index is 6.14. The molecule has 172 valence electrons. The van der Waals surface area contributed by atoms with Crippen LogP contribution in [0.25, 0.3) is 5.57 Å². The summed E-state index contributed by atoms with van der Waals surface area (Å²) >= 11 is 0. The average molecular weight is 442 g/mol. The number of aryl methyl sites for hydroxylation is 2. The van der Waals surface area contributed by atoms with Gasteiger partial charge in [0.05, 0.1) is 12.2 Å². The number of hydrogen-bond acceptors (Lipinski definition) is 3. The molecule has 0 saturated carbocycles. The highest BCUT2D eigenvalue weighted by atomic mass is 16.7. The van der Waals surface area contributed by atoms with Gasteiger partial charge < -0.3 is 14.4 Å². The van der Waals surface area contributed by atoms with Gasteiger partial charge in [-0.25, -0.2) is 0 Å². The van der Waals surface area contributed by atoms with Crippen LogP contribution in [0.4, 0.5) is 17.1 Å². The summed E-state index contributed by atoms with van der Waals surface area (Å²) in [6, 6.07) is 26.0. The normalized spacial score (nSPS) is 20.4. The summed E-state index contributed by atoms with van der Waals surface area (Å²) in [6.45, 7) is 12.9. The summed E-state index contributed by atoms with van der Waals surface area (Å²) in [6.07, 6.45) is 2.95. The van der Waals surface area contributed by atoms with Crippen LogP contribution in [0.3, 0.4) is 0 Å². The van der Waals surface area contributed by atoms with Crippen LogP contribution >= 0.6 is 0 Å². The second kappa shape index (κ2) is 10.4. The highest BCUT2D eigenvalue weighted by Gasteiger charge is 2.29. The first-order chi connectivity index (χ1) is 16.0. The molecule has 1 aliphatic heterocycles. The van der Waals surface area contributed by atoms with Crippen LogP contribution in [0, 0.1) is 6.92 Å². The van der Waals surface area contributed by atoms with Gasteiger partial charge in [0.25, 0.3) is 0 Å². The van der Waals surface area contributed by atoms with Crippen LogP contribution in [0.5, 0.6) is 0 Å². The number of rotatable bonds is 7. The third kappa shape index (κ3) is 5.38. The molecule has 1 heterocycles. The minimum Gasteiger partial charge on any atom is -0.345 e. The zero-order chi connectivity index (χ0) is 23.4. The predicted molar refractivity (Wildman–Crippen MR) is 138 cm³/mol. The van der Waals surface area contributed by atoms with Gasteiger partial charge in [0.1, 0.15) is 0 Å². The average Bonchev–Trinajstić information content (AvgIpc) is 2.85. The van der Waals surface area contributed by atoms with Crippen molar-refractivity contribution in [1.82, 2.24) is 0 Å². The maximum Gasteiger partial charge on any atom is 0.184 e. The Morgan fingerprint density at radius 2 is 1.39 bits per heavy atom. The largest absolute Gasteiger partial charge is 0.345 e. The van der Waals surface area contributed by atoms with Gasteiger partial charge in [-0.15, -0.1) is 0 Å². The molecule has 1 saturated heterocycles. The molecule has 3 nitrogen and oxygen atoms in total. The Labute approximate surface area is 198 Å². The third-order valence-corrected chi connectivity index (χ3v) is 6.40. The minimum atomic E-state index is -0.390. The van der Waals surface area contributed by atoms with Crippen molar-refractivity contribution in [1.29, 1.82) is 0 Å². The lowest BCUT2D eigenvalue weighted by Gasteiger charge is -2.35. The SMILES string of the molecule is C=C(c1ccc(N(c2ccc(C)cc2)c2ccc(CC)cc2)cc1)C1OC(C)CC(CC)O1. The van der Waals surface area contributed by atoms with E-state index in [0.29, 0.717) is 0 Å². The van der Waals surface area contributed by atoms with Crippen molar-refractivity contribution >= 4 is 22.6 Å². The van der Waals surface area contributed by atoms with Gasteiger partial charge in [-0.2, -0.15) is 0 Å². The summed E-state index contributed by atoms with van der Waals surface area (Å²) in [5.74, 6) is 0. The molecule has 3 heteroatoms. The van der Waals surface area contributed by atoms with Gasteiger partial charge in [-0.05, 0) is 80.6 Å². The summed E-state index contributed by atoms with van der Waals surface area (Å²) in [4.78, 5) is 2.29. The van der Waals surface area contributed by atoms with Crippen LogP contribution in [0.2, 0.25) is 0 Å². The van der Waals surface area contributed by atoms with Gasteiger partial charge in [-0.3, -0.25) is 0 Å². The van der Waals surface area contributed by atoms with Gasteiger partial charge >= 0.3 is 0 Å². The van der Waals surface area contributed by atoms with E-state index in [1.165, 1.54) is 11.1 Å². The molecule has 1 fully saturated rings. The molecule has 0 radical (unpaired) electrons. The fourth-order valence-corrected chi connectivity index (χ4v) is 4.31. The highest BCUT2D eigenvalue weighted by Crippen LogP contribution is 2.36. The molecule has 0 amide bonds. The minimum absolute atomic E-state index is 0.174. The van der Waals surface area contributed by atoms with Gasteiger partial charge in [0.15, 0.2) is 6.29 Å². The predicted octanol–water partition coefficient (Wildman–Crippen LogP) is 7.97. The van der Waals surface area contributed by atoms with E-state index in [-0.39, 0.29) is 18.5 Å². The van der Waals surface area contributed by atoms with Crippen molar-refractivity contribution in [2.45, 2.75) is 65.5 Å². The number of hydrogen-bond donors (Lipinski definition) is 0. The molecular formula is C30H35NO2. The van der Waals surface area contributed by atoms with Crippen LogP contribution < -0.4 is 4.90 Å². The van der Waals surface area contributed by atoms with Crippen LogP contribution in [0.15, 0.2) is 79.4 Å². The van der Waals surface area contributed by atoms with Crippen molar-refractivity contribution in [3.05, 3.63) is 96.1 Å². The molecule has 0 aromatic heterocycles. The molecule has 3 aromatic rings. The summed E-state index contributed by atoms with van der Waals surface area (Å²) in [5, 5.41) is 0. The molecule has 0 bridgehead atoms. The Bertz CT molecular complexity index is 1050. The fraction of sp³-hybridized carbons (Fsp3) is 0.333. The number of nitrogens with zero attached hydrogens (tertiary/aromatic N) is 1. The van der Waals surface area contributed by atoms with E-state index in [1.54, 1.807) is 0 Å². The second-order valence-corrected chi connectivity index (χ2v) is 8.94. The first kappa shape index (κ1) is 23.3. The summed E-state index contributed by atoms with van der Waals surface area (Å²) < 4.78 is 12.2. The van der Waals surface area contributed by atoms with Gasteiger partial charge in [0, 0.05) is 22.6 Å². The number of ether oxygens (including phenoxy) is 2. The fourth-order valence-electron chi connectivity index (χ4n) is 4.31. The quantitative estimate of drug-likeness (QED) is 0.371. The van der Waals surface area contributed by atoms with E-state index < -0.39 is 0 Å². The molecule has 4 rings (SSSR count). The molecule has 0 aliphatic carbocycles. The van der Waals surface area contributed by atoms with Crippen molar-refractivity contribution in [3.8, 4) is 0 Å². The molecule has 3 aromatic carbocycles. The lowest BCUT2D eigenvalue weighted by molar-refractivity contribution is -0.209. The standard InChI is InChI=1S/C30H35NO2/c1-6-24-10-16-27(17-11-24)31(26-14-8-21(3)9-15-26)28-18-12-25(13-19-28)23(5)30-32-22(4)20-29(7-2)33-30/h8-19,22,29-30H,5-7,20H2,1-4H3. The Kier molecular flexibility index (Phi) is 7.32. The first-order valence-electron chi connectivity index (χ1n) is 12.0. The van der Waals surface area contributed by atoms with Crippen LogP contribution in [-0.4, -0.2) is 18.5 Å². The summed E-state index contributed by atoms with van der Waals surface area (Å²) in [7, 11) is 0. The number of anilines is 3.